The van der Waals surface area contributed by atoms with Crippen LogP contribution in [0.2, 0.25) is 5.02 Å². The second-order valence-electron chi connectivity index (χ2n) is 5.63. The molecule has 4 heteroatoms. The normalized spacial score (nSPS) is 14.2. The fraction of sp³-hybridized carbons (Fsp3) is 0.562. The van der Waals surface area contributed by atoms with Crippen LogP contribution >= 0.6 is 11.6 Å². The van der Waals surface area contributed by atoms with Crippen molar-refractivity contribution in [3.05, 3.63) is 34.9 Å². The number of rotatable bonds is 6. The Hall–Kier alpha value is -1.06. The molecule has 0 saturated heterocycles. The first kappa shape index (κ1) is 17.0. The van der Waals surface area contributed by atoms with Gasteiger partial charge in [-0.25, -0.2) is 0 Å². The Morgan fingerprint density at radius 3 is 2.35 bits per heavy atom. The molecule has 112 valence electrons. The van der Waals surface area contributed by atoms with Gasteiger partial charge in [-0.2, -0.15) is 0 Å². The predicted octanol–water partition coefficient (Wildman–Crippen LogP) is 3.14. The average Bonchev–Trinajstić information content (AvgIpc) is 2.37. The zero-order valence-corrected chi connectivity index (χ0v) is 13.4. The van der Waals surface area contributed by atoms with Gasteiger partial charge in [0.05, 0.1) is 6.10 Å². The Balaban J connectivity index is 2.77. The highest BCUT2D eigenvalue weighted by Crippen LogP contribution is 2.20. The monoisotopic (exact) mass is 297 g/mol. The van der Waals surface area contributed by atoms with Gasteiger partial charge in [-0.3, -0.25) is 4.79 Å². The second-order valence-corrected chi connectivity index (χ2v) is 6.04. The molecule has 0 radical (unpaired) electrons. The quantitative estimate of drug-likeness (QED) is 0.876. The number of benzene rings is 1. The van der Waals surface area contributed by atoms with E-state index in [1.807, 2.05) is 45.0 Å². The van der Waals surface area contributed by atoms with Crippen LogP contribution in [-0.2, 0) is 11.2 Å². The number of hydrogen-bond acceptors (Lipinski definition) is 2. The van der Waals surface area contributed by atoms with Gasteiger partial charge in [0.2, 0.25) is 5.91 Å². The van der Waals surface area contributed by atoms with Crippen LogP contribution in [0.5, 0.6) is 0 Å². The first-order valence-corrected chi connectivity index (χ1v) is 7.42. The number of nitrogens with zero attached hydrogens (tertiary/aromatic N) is 1. The van der Waals surface area contributed by atoms with Crippen LogP contribution in [0.1, 0.15) is 33.3 Å². The summed E-state index contributed by atoms with van der Waals surface area (Å²) in [5.74, 6) is -0.100. The summed E-state index contributed by atoms with van der Waals surface area (Å²) in [5, 5.41) is 10.2. The summed E-state index contributed by atoms with van der Waals surface area (Å²) in [5.41, 5.74) is 0.982. The molecule has 1 rings (SSSR count). The van der Waals surface area contributed by atoms with Gasteiger partial charge in [-0.05, 0) is 38.8 Å². The van der Waals surface area contributed by atoms with Gasteiger partial charge in [0.15, 0.2) is 0 Å². The highest BCUT2D eigenvalue weighted by molar-refractivity contribution is 6.31. The zero-order chi connectivity index (χ0) is 15.3. The summed E-state index contributed by atoms with van der Waals surface area (Å²) in [4.78, 5) is 14.2. The minimum atomic E-state index is -0.520. The molecule has 0 spiro atoms. The Kier molecular flexibility index (Phi) is 6.50. The molecular formula is C16H24ClNO2. The maximum Gasteiger partial charge on any atom is 0.226 e. The van der Waals surface area contributed by atoms with E-state index in [9.17, 15) is 9.90 Å². The zero-order valence-electron chi connectivity index (χ0n) is 12.6. The number of carbonyl (C=O) groups excluding carboxylic acids is 1. The molecule has 0 aliphatic rings. The van der Waals surface area contributed by atoms with Crippen LogP contribution < -0.4 is 0 Å². The number of hydrogen-bond donors (Lipinski definition) is 1. The fourth-order valence-corrected chi connectivity index (χ4v) is 2.42. The molecule has 20 heavy (non-hydrogen) atoms. The van der Waals surface area contributed by atoms with Crippen LogP contribution in [0.4, 0.5) is 0 Å². The van der Waals surface area contributed by atoms with Crippen molar-refractivity contribution in [2.75, 3.05) is 6.54 Å². The number of aliphatic hydroxyl groups excluding tert-OH is 1. The molecule has 0 aliphatic heterocycles. The van der Waals surface area contributed by atoms with E-state index in [0.29, 0.717) is 18.0 Å². The second kappa shape index (κ2) is 7.65. The topological polar surface area (TPSA) is 40.5 Å². The van der Waals surface area contributed by atoms with Crippen LogP contribution in [-0.4, -0.2) is 34.6 Å². The maximum absolute atomic E-state index is 12.5. The Morgan fingerprint density at radius 1 is 1.25 bits per heavy atom. The third-order valence-electron chi connectivity index (χ3n) is 3.27. The molecule has 2 atom stereocenters. The van der Waals surface area contributed by atoms with Gasteiger partial charge in [0, 0.05) is 23.5 Å². The Morgan fingerprint density at radius 2 is 1.85 bits per heavy atom. The molecule has 0 aromatic heterocycles. The van der Waals surface area contributed by atoms with E-state index in [4.69, 9.17) is 11.6 Å². The number of amides is 1. The summed E-state index contributed by atoms with van der Waals surface area (Å²) in [7, 11) is 0. The minimum absolute atomic E-state index is 0.0563. The molecule has 1 amide bonds. The van der Waals surface area contributed by atoms with Gasteiger partial charge in [-0.1, -0.05) is 36.7 Å². The van der Waals surface area contributed by atoms with Crippen molar-refractivity contribution in [3.8, 4) is 0 Å². The predicted molar refractivity (Wildman–Crippen MR) is 82.8 cm³/mol. The lowest BCUT2D eigenvalue weighted by Crippen LogP contribution is -2.44. The molecule has 1 aromatic carbocycles. The summed E-state index contributed by atoms with van der Waals surface area (Å²) in [6.45, 7) is 7.89. The van der Waals surface area contributed by atoms with Crippen LogP contribution in [0.15, 0.2) is 24.3 Å². The summed E-state index contributed by atoms with van der Waals surface area (Å²) < 4.78 is 0. The molecule has 0 fully saturated rings. The largest absolute Gasteiger partial charge is 0.392 e. The van der Waals surface area contributed by atoms with E-state index in [2.05, 4.69) is 0 Å². The van der Waals surface area contributed by atoms with E-state index < -0.39 is 6.10 Å². The van der Waals surface area contributed by atoms with Crippen LogP contribution in [0, 0.1) is 5.92 Å². The minimum Gasteiger partial charge on any atom is -0.392 e. The van der Waals surface area contributed by atoms with E-state index in [1.54, 1.807) is 11.8 Å². The van der Waals surface area contributed by atoms with Gasteiger partial charge in [0.1, 0.15) is 0 Å². The molecule has 0 bridgehead atoms. The SMILES string of the molecule is CC(O)CN(C(=O)C(C)Cc1ccccc1Cl)C(C)C. The Bertz CT molecular complexity index is 446. The van der Waals surface area contributed by atoms with Gasteiger partial charge in [0.25, 0.3) is 0 Å². The number of carbonyl (C=O) groups is 1. The smallest absolute Gasteiger partial charge is 0.226 e. The van der Waals surface area contributed by atoms with E-state index in [1.165, 1.54) is 0 Å². The lowest BCUT2D eigenvalue weighted by atomic mass is 9.99. The summed E-state index contributed by atoms with van der Waals surface area (Å²) in [6.07, 6.45) is 0.0931. The van der Waals surface area contributed by atoms with E-state index in [-0.39, 0.29) is 17.9 Å². The lowest BCUT2D eigenvalue weighted by Gasteiger charge is -2.30. The molecule has 0 saturated carbocycles. The lowest BCUT2D eigenvalue weighted by molar-refractivity contribution is -0.138. The van der Waals surface area contributed by atoms with Gasteiger partial charge < -0.3 is 10.0 Å². The third-order valence-corrected chi connectivity index (χ3v) is 3.64. The third kappa shape index (κ3) is 4.80. The van der Waals surface area contributed by atoms with Crippen LogP contribution in [0.25, 0.3) is 0 Å². The maximum atomic E-state index is 12.5. The first-order chi connectivity index (χ1) is 9.32. The van der Waals surface area contributed by atoms with Crippen molar-refractivity contribution < 1.29 is 9.90 Å². The standard InChI is InChI=1S/C16H24ClNO2/c1-11(2)18(10-13(4)19)16(20)12(3)9-14-7-5-6-8-15(14)17/h5-8,11-13,19H,9-10H2,1-4H3. The van der Waals surface area contributed by atoms with E-state index in [0.717, 1.165) is 5.56 Å². The van der Waals surface area contributed by atoms with Crippen molar-refractivity contribution in [1.82, 2.24) is 4.90 Å². The molecular weight excluding hydrogens is 274 g/mol. The molecule has 0 heterocycles. The van der Waals surface area contributed by atoms with Gasteiger partial charge in [-0.15, -0.1) is 0 Å². The highest BCUT2D eigenvalue weighted by Gasteiger charge is 2.24. The van der Waals surface area contributed by atoms with E-state index >= 15 is 0 Å². The fourth-order valence-electron chi connectivity index (χ4n) is 2.20. The Labute approximate surface area is 126 Å². The first-order valence-electron chi connectivity index (χ1n) is 7.04. The van der Waals surface area contributed by atoms with Crippen molar-refractivity contribution in [2.45, 2.75) is 46.3 Å². The van der Waals surface area contributed by atoms with Crippen molar-refractivity contribution in [3.63, 3.8) is 0 Å². The van der Waals surface area contributed by atoms with Crippen LogP contribution in [0.3, 0.4) is 0 Å². The number of aliphatic hydroxyl groups is 1. The molecule has 1 N–H and O–H groups in total. The average molecular weight is 298 g/mol. The molecule has 2 unspecified atom stereocenters. The van der Waals surface area contributed by atoms with Crippen molar-refractivity contribution >= 4 is 17.5 Å². The van der Waals surface area contributed by atoms with Gasteiger partial charge >= 0.3 is 0 Å². The molecule has 3 nitrogen and oxygen atoms in total. The molecule has 1 aromatic rings. The highest BCUT2D eigenvalue weighted by atomic mass is 35.5. The summed E-state index contributed by atoms with van der Waals surface area (Å²) >= 11 is 6.13. The summed E-state index contributed by atoms with van der Waals surface area (Å²) in [6, 6.07) is 7.66. The molecule has 0 aliphatic carbocycles. The van der Waals surface area contributed by atoms with Crippen molar-refractivity contribution in [1.29, 1.82) is 0 Å². The van der Waals surface area contributed by atoms with Crippen molar-refractivity contribution in [2.24, 2.45) is 5.92 Å². The number of halogens is 1.